The summed E-state index contributed by atoms with van der Waals surface area (Å²) in [5.74, 6) is -0.793. The van der Waals surface area contributed by atoms with Crippen molar-refractivity contribution >= 4 is 17.3 Å². The Morgan fingerprint density at radius 1 is 1.47 bits per heavy atom. The molecule has 2 rings (SSSR count). The lowest BCUT2D eigenvalue weighted by atomic mass is 10.1. The van der Waals surface area contributed by atoms with Crippen LogP contribution < -0.4 is 11.1 Å². The third kappa shape index (κ3) is 4.18. The van der Waals surface area contributed by atoms with Crippen molar-refractivity contribution in [3.8, 4) is 0 Å². The van der Waals surface area contributed by atoms with Gasteiger partial charge in [-0.1, -0.05) is 0 Å². The minimum Gasteiger partial charge on any atom is -0.397 e. The number of anilines is 2. The first-order chi connectivity index (χ1) is 9.15. The number of ether oxygens (including phenoxy) is 2. The van der Waals surface area contributed by atoms with E-state index in [0.717, 1.165) is 12.8 Å². The minimum atomic E-state index is -0.449. The molecule has 104 valence electrons. The van der Waals surface area contributed by atoms with Gasteiger partial charge in [-0.05, 0) is 31.0 Å². The Hall–Kier alpha value is -1.66. The Labute approximate surface area is 110 Å². The number of carbonyl (C=O) groups excluding carboxylic acids is 1. The molecule has 0 saturated carbocycles. The summed E-state index contributed by atoms with van der Waals surface area (Å²) in [7, 11) is 0. The van der Waals surface area contributed by atoms with Crippen LogP contribution in [0.1, 0.15) is 12.8 Å². The van der Waals surface area contributed by atoms with Gasteiger partial charge in [0.1, 0.15) is 12.4 Å². The first kappa shape index (κ1) is 13.8. The fourth-order valence-electron chi connectivity index (χ4n) is 1.86. The van der Waals surface area contributed by atoms with Crippen molar-refractivity contribution < 1.29 is 18.7 Å². The molecule has 3 N–H and O–H groups in total. The van der Waals surface area contributed by atoms with Crippen LogP contribution in [0.5, 0.6) is 0 Å². The second-order valence-electron chi connectivity index (χ2n) is 4.40. The summed E-state index contributed by atoms with van der Waals surface area (Å²) in [5.41, 5.74) is 6.22. The van der Waals surface area contributed by atoms with Crippen LogP contribution in [-0.4, -0.2) is 31.8 Å². The lowest BCUT2D eigenvalue weighted by Gasteiger charge is -2.22. The molecule has 0 spiro atoms. The molecule has 0 bridgehead atoms. The number of nitrogen functional groups attached to an aromatic ring is 1. The number of benzene rings is 1. The molecule has 1 aromatic carbocycles. The number of rotatable bonds is 4. The van der Waals surface area contributed by atoms with Crippen molar-refractivity contribution in [2.24, 2.45) is 0 Å². The first-order valence-corrected chi connectivity index (χ1v) is 6.19. The van der Waals surface area contributed by atoms with Gasteiger partial charge in [-0.3, -0.25) is 4.79 Å². The maximum Gasteiger partial charge on any atom is 0.250 e. The van der Waals surface area contributed by atoms with Gasteiger partial charge in [0.05, 0.1) is 17.5 Å². The van der Waals surface area contributed by atoms with Gasteiger partial charge in [-0.15, -0.1) is 0 Å². The summed E-state index contributed by atoms with van der Waals surface area (Å²) in [4.78, 5) is 11.7. The number of hydrogen-bond donors (Lipinski definition) is 2. The van der Waals surface area contributed by atoms with Gasteiger partial charge in [0, 0.05) is 13.2 Å². The average molecular weight is 268 g/mol. The zero-order chi connectivity index (χ0) is 13.7. The molecule has 0 atom stereocenters. The quantitative estimate of drug-likeness (QED) is 0.812. The highest BCUT2D eigenvalue weighted by Crippen LogP contribution is 2.19. The molecule has 1 aliphatic heterocycles. The molecule has 1 aliphatic rings. The Morgan fingerprint density at radius 2 is 2.21 bits per heavy atom. The van der Waals surface area contributed by atoms with Gasteiger partial charge >= 0.3 is 0 Å². The molecule has 0 aromatic heterocycles. The zero-order valence-corrected chi connectivity index (χ0v) is 10.5. The summed E-state index contributed by atoms with van der Waals surface area (Å²) in [5, 5.41) is 2.53. The minimum absolute atomic E-state index is 0.0457. The van der Waals surface area contributed by atoms with Crippen LogP contribution in [0.25, 0.3) is 0 Å². The van der Waals surface area contributed by atoms with Crippen LogP contribution in [0.2, 0.25) is 0 Å². The number of hydrogen-bond acceptors (Lipinski definition) is 4. The van der Waals surface area contributed by atoms with Crippen LogP contribution in [0.3, 0.4) is 0 Å². The van der Waals surface area contributed by atoms with E-state index < -0.39 is 5.82 Å². The number of amides is 1. The molecule has 1 aromatic rings. The van der Waals surface area contributed by atoms with Crippen LogP contribution in [0.15, 0.2) is 18.2 Å². The normalized spacial score (nSPS) is 16.3. The molecular weight excluding hydrogens is 251 g/mol. The van der Waals surface area contributed by atoms with Crippen molar-refractivity contribution in [1.82, 2.24) is 0 Å². The summed E-state index contributed by atoms with van der Waals surface area (Å²) in [6.45, 7) is 1.24. The van der Waals surface area contributed by atoms with Crippen LogP contribution >= 0.6 is 0 Å². The van der Waals surface area contributed by atoms with E-state index in [9.17, 15) is 9.18 Å². The van der Waals surface area contributed by atoms with E-state index in [1.807, 2.05) is 0 Å². The second kappa shape index (κ2) is 6.49. The largest absolute Gasteiger partial charge is 0.397 e. The average Bonchev–Trinajstić information content (AvgIpc) is 2.42. The molecule has 0 unspecified atom stereocenters. The molecule has 0 aliphatic carbocycles. The van der Waals surface area contributed by atoms with Crippen molar-refractivity contribution in [2.75, 3.05) is 30.9 Å². The van der Waals surface area contributed by atoms with Gasteiger partial charge in [0.25, 0.3) is 0 Å². The van der Waals surface area contributed by atoms with E-state index in [4.69, 9.17) is 15.2 Å². The molecule has 0 radical (unpaired) electrons. The van der Waals surface area contributed by atoms with Gasteiger partial charge in [-0.2, -0.15) is 0 Å². The maximum absolute atomic E-state index is 13.0. The van der Waals surface area contributed by atoms with E-state index in [-0.39, 0.29) is 24.3 Å². The summed E-state index contributed by atoms with van der Waals surface area (Å²) >= 11 is 0. The molecule has 5 nitrogen and oxygen atoms in total. The fraction of sp³-hybridized carbons (Fsp3) is 0.462. The summed E-state index contributed by atoms with van der Waals surface area (Å²) < 4.78 is 23.7. The SMILES string of the molecule is Nc1ccc(F)cc1NC(=O)COC1CCOCC1. The monoisotopic (exact) mass is 268 g/mol. The zero-order valence-electron chi connectivity index (χ0n) is 10.5. The van der Waals surface area contributed by atoms with Crippen LogP contribution in [0, 0.1) is 5.82 Å². The van der Waals surface area contributed by atoms with Gasteiger partial charge in [-0.25, -0.2) is 4.39 Å². The lowest BCUT2D eigenvalue weighted by molar-refractivity contribution is -0.124. The molecule has 1 amide bonds. The number of halogens is 1. The van der Waals surface area contributed by atoms with Gasteiger partial charge < -0.3 is 20.5 Å². The Morgan fingerprint density at radius 3 is 2.95 bits per heavy atom. The number of nitrogens with two attached hydrogens (primary N) is 1. The highest BCUT2D eigenvalue weighted by Gasteiger charge is 2.16. The van der Waals surface area contributed by atoms with E-state index in [0.29, 0.717) is 18.9 Å². The van der Waals surface area contributed by atoms with E-state index in [2.05, 4.69) is 5.32 Å². The van der Waals surface area contributed by atoms with Crippen molar-refractivity contribution in [1.29, 1.82) is 0 Å². The smallest absolute Gasteiger partial charge is 0.250 e. The number of carbonyl (C=O) groups is 1. The third-order valence-electron chi connectivity index (χ3n) is 2.91. The molecule has 19 heavy (non-hydrogen) atoms. The predicted octanol–water partition coefficient (Wildman–Crippen LogP) is 1.54. The second-order valence-corrected chi connectivity index (χ2v) is 4.40. The summed E-state index contributed by atoms with van der Waals surface area (Å²) in [6, 6.07) is 3.83. The maximum atomic E-state index is 13.0. The van der Waals surface area contributed by atoms with Crippen LogP contribution in [-0.2, 0) is 14.3 Å². The van der Waals surface area contributed by atoms with Gasteiger partial charge in [0.15, 0.2) is 0 Å². The third-order valence-corrected chi connectivity index (χ3v) is 2.91. The first-order valence-electron chi connectivity index (χ1n) is 6.19. The van der Waals surface area contributed by atoms with Gasteiger partial charge in [0.2, 0.25) is 5.91 Å². The molecule has 6 heteroatoms. The Bertz CT molecular complexity index is 448. The van der Waals surface area contributed by atoms with Crippen LogP contribution in [0.4, 0.5) is 15.8 Å². The highest BCUT2D eigenvalue weighted by molar-refractivity contribution is 5.94. The predicted molar refractivity (Wildman–Crippen MR) is 69.2 cm³/mol. The lowest BCUT2D eigenvalue weighted by Crippen LogP contribution is -2.28. The fourth-order valence-corrected chi connectivity index (χ4v) is 1.86. The summed E-state index contributed by atoms with van der Waals surface area (Å²) in [6.07, 6.45) is 1.62. The van der Waals surface area contributed by atoms with Crippen molar-refractivity contribution in [3.63, 3.8) is 0 Å². The molecule has 1 fully saturated rings. The topological polar surface area (TPSA) is 73.6 Å². The Kier molecular flexibility index (Phi) is 4.70. The van der Waals surface area contributed by atoms with Crippen molar-refractivity contribution in [2.45, 2.75) is 18.9 Å². The molecular formula is C13H17FN2O3. The van der Waals surface area contributed by atoms with E-state index >= 15 is 0 Å². The van der Waals surface area contributed by atoms with Crippen molar-refractivity contribution in [3.05, 3.63) is 24.0 Å². The number of nitrogens with one attached hydrogen (secondary N) is 1. The molecule has 1 heterocycles. The van der Waals surface area contributed by atoms with E-state index in [1.165, 1.54) is 18.2 Å². The molecule has 1 saturated heterocycles. The Balaban J connectivity index is 1.81. The standard InChI is InChI=1S/C13H17FN2O3/c14-9-1-2-11(15)12(7-9)16-13(17)8-19-10-3-5-18-6-4-10/h1-2,7,10H,3-6,8,15H2,(H,16,17). The van der Waals surface area contributed by atoms with E-state index in [1.54, 1.807) is 0 Å². The highest BCUT2D eigenvalue weighted by atomic mass is 19.1.